The summed E-state index contributed by atoms with van der Waals surface area (Å²) < 4.78 is 0. The number of fused-ring (bicyclic) bond motifs is 1. The van der Waals surface area contributed by atoms with Crippen molar-refractivity contribution in [2.24, 2.45) is 0 Å². The molecule has 0 amide bonds. The molecular weight excluding hydrogens is 158 g/mol. The van der Waals surface area contributed by atoms with Crippen LogP contribution in [-0.4, -0.2) is 4.98 Å². The molecule has 1 heteroatoms. The summed E-state index contributed by atoms with van der Waals surface area (Å²) in [6.07, 6.45) is 7.66. The molecule has 0 aliphatic heterocycles. The molecule has 62 valence electrons. The first-order valence-corrected chi connectivity index (χ1v) is 4.18. The summed E-state index contributed by atoms with van der Waals surface area (Å²) in [5.41, 5.74) is 0.987. The van der Waals surface area contributed by atoms with E-state index in [-0.39, 0.29) is 0 Å². The first kappa shape index (κ1) is 7.82. The Hall–Kier alpha value is -1.81. The van der Waals surface area contributed by atoms with Crippen molar-refractivity contribution >= 4 is 10.8 Å². The summed E-state index contributed by atoms with van der Waals surface area (Å²) in [5.74, 6) is 2.61. The minimum atomic E-state index is 0.599. The molecule has 0 fully saturated rings. The van der Waals surface area contributed by atoms with Crippen molar-refractivity contribution in [3.63, 3.8) is 0 Å². The Kier molecular flexibility index (Phi) is 1.97. The van der Waals surface area contributed by atoms with Gasteiger partial charge in [0.25, 0.3) is 0 Å². The number of aromatic nitrogens is 1. The SMILES string of the molecule is C#CCc1nccc2ccccc12. The predicted octanol–water partition coefficient (Wildman–Crippen LogP) is 2.41. The second-order valence-electron chi connectivity index (χ2n) is 2.86. The van der Waals surface area contributed by atoms with Gasteiger partial charge in [-0.25, -0.2) is 0 Å². The van der Waals surface area contributed by atoms with Crippen LogP contribution in [0.25, 0.3) is 10.8 Å². The Labute approximate surface area is 77.4 Å². The van der Waals surface area contributed by atoms with Crippen molar-refractivity contribution in [3.05, 3.63) is 42.2 Å². The van der Waals surface area contributed by atoms with Gasteiger partial charge in [-0.05, 0) is 11.5 Å². The predicted molar refractivity (Wildman–Crippen MR) is 54.3 cm³/mol. The lowest BCUT2D eigenvalue weighted by Crippen LogP contribution is -1.88. The largest absolute Gasteiger partial charge is 0.260 e. The standard InChI is InChI=1S/C12H9N/c1-2-5-12-11-7-4-3-6-10(11)8-9-13-12/h1,3-4,6-9H,5H2. The van der Waals surface area contributed by atoms with Crippen LogP contribution in [0.3, 0.4) is 0 Å². The van der Waals surface area contributed by atoms with E-state index in [1.165, 1.54) is 5.39 Å². The summed E-state index contributed by atoms with van der Waals surface area (Å²) >= 11 is 0. The maximum atomic E-state index is 5.26. The highest BCUT2D eigenvalue weighted by atomic mass is 14.7. The van der Waals surface area contributed by atoms with E-state index in [4.69, 9.17) is 6.42 Å². The molecule has 0 saturated heterocycles. The Bertz CT molecular complexity index is 461. The summed E-state index contributed by atoms with van der Waals surface area (Å²) in [6, 6.07) is 10.1. The van der Waals surface area contributed by atoms with Crippen LogP contribution in [0.15, 0.2) is 36.5 Å². The van der Waals surface area contributed by atoms with Gasteiger partial charge in [-0.3, -0.25) is 4.98 Å². The lowest BCUT2D eigenvalue weighted by Gasteiger charge is -2.00. The minimum absolute atomic E-state index is 0.599. The highest BCUT2D eigenvalue weighted by Gasteiger charge is 1.98. The first-order valence-electron chi connectivity index (χ1n) is 4.18. The molecule has 0 N–H and O–H groups in total. The second kappa shape index (κ2) is 3.28. The lowest BCUT2D eigenvalue weighted by molar-refractivity contribution is 1.16. The zero-order valence-electron chi connectivity index (χ0n) is 7.20. The summed E-state index contributed by atoms with van der Waals surface area (Å²) in [6.45, 7) is 0. The van der Waals surface area contributed by atoms with E-state index in [2.05, 4.69) is 23.0 Å². The molecule has 13 heavy (non-hydrogen) atoms. The molecule has 0 radical (unpaired) electrons. The number of rotatable bonds is 1. The highest BCUT2D eigenvalue weighted by Crippen LogP contribution is 2.15. The number of nitrogens with zero attached hydrogens (tertiary/aromatic N) is 1. The molecule has 1 aromatic heterocycles. The molecule has 1 nitrogen and oxygen atoms in total. The smallest absolute Gasteiger partial charge is 0.0600 e. The van der Waals surface area contributed by atoms with Crippen LogP contribution in [0.4, 0.5) is 0 Å². The molecule has 0 atom stereocenters. The van der Waals surface area contributed by atoms with Gasteiger partial charge in [0.15, 0.2) is 0 Å². The normalized spacial score (nSPS) is 9.77. The molecule has 0 aliphatic carbocycles. The number of hydrogen-bond acceptors (Lipinski definition) is 1. The zero-order valence-corrected chi connectivity index (χ0v) is 7.20. The van der Waals surface area contributed by atoms with Crippen LogP contribution >= 0.6 is 0 Å². The number of benzene rings is 1. The van der Waals surface area contributed by atoms with E-state index in [1.54, 1.807) is 6.20 Å². The van der Waals surface area contributed by atoms with Gasteiger partial charge in [-0.15, -0.1) is 12.3 Å². The van der Waals surface area contributed by atoms with Gasteiger partial charge in [-0.1, -0.05) is 24.3 Å². The van der Waals surface area contributed by atoms with Gasteiger partial charge in [0.2, 0.25) is 0 Å². The third-order valence-electron chi connectivity index (χ3n) is 2.03. The van der Waals surface area contributed by atoms with E-state index in [0.717, 1.165) is 11.1 Å². The summed E-state index contributed by atoms with van der Waals surface area (Å²) in [4.78, 5) is 4.25. The van der Waals surface area contributed by atoms with Gasteiger partial charge in [0.05, 0.1) is 12.1 Å². The van der Waals surface area contributed by atoms with Crippen molar-refractivity contribution in [2.75, 3.05) is 0 Å². The molecule has 0 aliphatic rings. The fourth-order valence-corrected chi connectivity index (χ4v) is 1.42. The molecule has 1 aromatic carbocycles. The third kappa shape index (κ3) is 1.39. The van der Waals surface area contributed by atoms with Crippen LogP contribution in [0, 0.1) is 12.3 Å². The zero-order chi connectivity index (χ0) is 9.10. The fourth-order valence-electron chi connectivity index (χ4n) is 1.42. The maximum Gasteiger partial charge on any atom is 0.0600 e. The number of pyridine rings is 1. The van der Waals surface area contributed by atoms with E-state index in [1.807, 2.05) is 18.2 Å². The first-order chi connectivity index (χ1) is 6.42. The molecule has 0 saturated carbocycles. The van der Waals surface area contributed by atoms with Crippen LogP contribution in [0.1, 0.15) is 5.69 Å². The average molecular weight is 167 g/mol. The van der Waals surface area contributed by atoms with Crippen molar-refractivity contribution < 1.29 is 0 Å². The summed E-state index contributed by atoms with van der Waals surface area (Å²) in [7, 11) is 0. The molecule has 2 aromatic rings. The topological polar surface area (TPSA) is 12.9 Å². The minimum Gasteiger partial charge on any atom is -0.260 e. The maximum absolute atomic E-state index is 5.26. The molecule has 0 spiro atoms. The molecule has 2 rings (SSSR count). The molecule has 1 heterocycles. The molecule has 0 unspecified atom stereocenters. The van der Waals surface area contributed by atoms with Crippen LogP contribution in [-0.2, 0) is 6.42 Å². The van der Waals surface area contributed by atoms with Gasteiger partial charge < -0.3 is 0 Å². The molecular formula is C12H9N. The average Bonchev–Trinajstić information content (AvgIpc) is 2.19. The van der Waals surface area contributed by atoms with Gasteiger partial charge in [0.1, 0.15) is 0 Å². The van der Waals surface area contributed by atoms with Crippen LogP contribution < -0.4 is 0 Å². The van der Waals surface area contributed by atoms with E-state index in [9.17, 15) is 0 Å². The third-order valence-corrected chi connectivity index (χ3v) is 2.03. The lowest BCUT2D eigenvalue weighted by atomic mass is 10.1. The second-order valence-corrected chi connectivity index (χ2v) is 2.86. The van der Waals surface area contributed by atoms with E-state index >= 15 is 0 Å². The number of terminal acetylenes is 1. The fraction of sp³-hybridized carbons (Fsp3) is 0.0833. The van der Waals surface area contributed by atoms with Crippen LogP contribution in [0.5, 0.6) is 0 Å². The Morgan fingerprint density at radius 3 is 2.92 bits per heavy atom. The Morgan fingerprint density at radius 2 is 2.08 bits per heavy atom. The number of hydrogen-bond donors (Lipinski definition) is 0. The van der Waals surface area contributed by atoms with Crippen LogP contribution in [0.2, 0.25) is 0 Å². The van der Waals surface area contributed by atoms with E-state index in [0.29, 0.717) is 6.42 Å². The highest BCUT2D eigenvalue weighted by molar-refractivity contribution is 5.84. The Morgan fingerprint density at radius 1 is 1.23 bits per heavy atom. The van der Waals surface area contributed by atoms with Crippen molar-refractivity contribution in [3.8, 4) is 12.3 Å². The van der Waals surface area contributed by atoms with Crippen molar-refractivity contribution in [2.45, 2.75) is 6.42 Å². The summed E-state index contributed by atoms with van der Waals surface area (Å²) in [5, 5.41) is 2.35. The van der Waals surface area contributed by atoms with E-state index < -0.39 is 0 Å². The van der Waals surface area contributed by atoms with Gasteiger partial charge >= 0.3 is 0 Å². The van der Waals surface area contributed by atoms with Crippen molar-refractivity contribution in [1.29, 1.82) is 0 Å². The quantitative estimate of drug-likeness (QED) is 0.594. The monoisotopic (exact) mass is 167 g/mol. The molecule has 0 bridgehead atoms. The van der Waals surface area contributed by atoms with Crippen molar-refractivity contribution in [1.82, 2.24) is 4.98 Å². The Balaban J connectivity index is 2.70. The van der Waals surface area contributed by atoms with Gasteiger partial charge in [0, 0.05) is 11.6 Å². The van der Waals surface area contributed by atoms with Gasteiger partial charge in [-0.2, -0.15) is 0 Å².